The zero-order chi connectivity index (χ0) is 46.2. The minimum Gasteiger partial charge on any atom is -0.469 e. The monoisotopic (exact) mass is 902 g/mol. The first-order valence-corrected chi connectivity index (χ1v) is 20.6. The second-order valence-electron chi connectivity index (χ2n) is 15.6. The third-order valence-corrected chi connectivity index (χ3v) is 10.0. The number of esters is 1. The van der Waals surface area contributed by atoms with E-state index in [-0.39, 0.29) is 37.6 Å². The van der Waals surface area contributed by atoms with Crippen molar-refractivity contribution < 1.29 is 38.9 Å². The number of amides is 3. The predicted molar refractivity (Wildman–Crippen MR) is 244 cm³/mol. The molecule has 0 bridgehead atoms. The molecular formula is C46H61Cl3N4O8. The second kappa shape index (κ2) is 27.3. The van der Waals surface area contributed by atoms with Crippen molar-refractivity contribution in [3.8, 4) is 0 Å². The van der Waals surface area contributed by atoms with Crippen molar-refractivity contribution in [1.82, 2.24) is 10.6 Å². The summed E-state index contributed by atoms with van der Waals surface area (Å²) in [5, 5.41) is 27.8. The smallest absolute Gasteiger partial charge is 0.411 e. The van der Waals surface area contributed by atoms with Gasteiger partial charge in [-0.2, -0.15) is 0 Å². The first-order chi connectivity index (χ1) is 28.7. The molecule has 4 aromatic rings. The van der Waals surface area contributed by atoms with E-state index in [2.05, 4.69) is 27.6 Å². The third-order valence-electron chi connectivity index (χ3n) is 8.90. The number of anilines is 1. The normalized spacial score (nSPS) is 10.9. The average Bonchev–Trinajstić information content (AvgIpc) is 3.25. The van der Waals surface area contributed by atoms with Gasteiger partial charge in [0.1, 0.15) is 6.61 Å². The number of aliphatic hydroxyl groups excluding tert-OH is 2. The largest absolute Gasteiger partial charge is 0.469 e. The molecule has 0 saturated heterocycles. The molecule has 0 aliphatic carbocycles. The van der Waals surface area contributed by atoms with Crippen LogP contribution in [0.1, 0.15) is 70.7 Å². The highest BCUT2D eigenvalue weighted by Gasteiger charge is 2.30. The van der Waals surface area contributed by atoms with Crippen LogP contribution in [0.5, 0.6) is 0 Å². The Morgan fingerprint density at radius 1 is 0.623 bits per heavy atom. The van der Waals surface area contributed by atoms with Crippen molar-refractivity contribution in [3.05, 3.63) is 134 Å². The second-order valence-corrected chi connectivity index (χ2v) is 16.8. The van der Waals surface area contributed by atoms with E-state index in [9.17, 15) is 19.2 Å². The van der Waals surface area contributed by atoms with E-state index in [1.165, 1.54) is 12.7 Å². The van der Waals surface area contributed by atoms with Crippen LogP contribution in [-0.2, 0) is 49.9 Å². The number of rotatable bonds is 14. The average molecular weight is 904 g/mol. The van der Waals surface area contributed by atoms with Crippen molar-refractivity contribution in [2.75, 3.05) is 32.2 Å². The van der Waals surface area contributed by atoms with Gasteiger partial charge < -0.3 is 36.1 Å². The van der Waals surface area contributed by atoms with Crippen molar-refractivity contribution in [3.63, 3.8) is 0 Å². The topological polar surface area (TPSA) is 189 Å². The van der Waals surface area contributed by atoms with Gasteiger partial charge in [-0.1, -0.05) is 108 Å². The maximum atomic E-state index is 12.4. The molecule has 4 aromatic carbocycles. The number of halogens is 3. The number of carbonyl (C=O) groups is 4. The fourth-order valence-corrected chi connectivity index (χ4v) is 5.10. The molecule has 4 rings (SSSR count). The van der Waals surface area contributed by atoms with Gasteiger partial charge in [0.2, 0.25) is 11.8 Å². The zero-order valence-corrected chi connectivity index (χ0v) is 38.5. The molecular weight excluding hydrogens is 843 g/mol. The Morgan fingerprint density at radius 2 is 1.03 bits per heavy atom. The summed E-state index contributed by atoms with van der Waals surface area (Å²) in [5.41, 5.74) is 7.51. The van der Waals surface area contributed by atoms with E-state index in [1.54, 1.807) is 53.7 Å². The minimum absolute atomic E-state index is 0.0414. The van der Waals surface area contributed by atoms with Crippen LogP contribution in [0.3, 0.4) is 0 Å². The zero-order valence-electron chi connectivity index (χ0n) is 36.2. The summed E-state index contributed by atoms with van der Waals surface area (Å²) < 4.78 is 9.63. The lowest BCUT2D eigenvalue weighted by Gasteiger charge is -2.23. The highest BCUT2D eigenvalue weighted by molar-refractivity contribution is 6.32. The van der Waals surface area contributed by atoms with Crippen LogP contribution in [0.4, 0.5) is 10.5 Å². The predicted octanol–water partition coefficient (Wildman–Crippen LogP) is 8.74. The first kappa shape index (κ1) is 54.3. The van der Waals surface area contributed by atoms with Gasteiger partial charge in [0.05, 0.1) is 36.6 Å². The summed E-state index contributed by atoms with van der Waals surface area (Å²) in [6.45, 7) is 12.9. The Kier molecular flexibility index (Phi) is 24.3. The summed E-state index contributed by atoms with van der Waals surface area (Å²) >= 11 is 17.8. The number of nitrogens with one attached hydrogen (secondary N) is 3. The Hall–Kier alpha value is -4.69. The number of methoxy groups -OCH3 is 1. The molecule has 3 amide bonds. The lowest BCUT2D eigenvalue weighted by molar-refractivity contribution is -0.152. The van der Waals surface area contributed by atoms with Crippen molar-refractivity contribution in [2.24, 2.45) is 22.0 Å². The molecule has 334 valence electrons. The number of ether oxygens (including phenoxy) is 2. The van der Waals surface area contributed by atoms with Crippen LogP contribution in [0.2, 0.25) is 15.1 Å². The summed E-state index contributed by atoms with van der Waals surface area (Å²) in [4.78, 5) is 46.8. The molecule has 0 aromatic heterocycles. The van der Waals surface area contributed by atoms with Crippen LogP contribution < -0.4 is 21.7 Å². The van der Waals surface area contributed by atoms with E-state index >= 15 is 0 Å². The third kappa shape index (κ3) is 20.2. The summed E-state index contributed by atoms with van der Waals surface area (Å²) in [7, 11) is 1.31. The van der Waals surface area contributed by atoms with Crippen LogP contribution in [-0.4, -0.2) is 61.0 Å². The van der Waals surface area contributed by atoms with Gasteiger partial charge in [-0.15, -0.1) is 0 Å². The number of aryl methyl sites for hydroxylation is 1. The minimum atomic E-state index is -0.870. The van der Waals surface area contributed by atoms with E-state index in [0.29, 0.717) is 35.4 Å². The molecule has 0 unspecified atom stereocenters. The van der Waals surface area contributed by atoms with Crippen LogP contribution >= 0.6 is 34.8 Å². The molecule has 0 saturated carbocycles. The van der Waals surface area contributed by atoms with Crippen molar-refractivity contribution >= 4 is 64.4 Å². The standard InChI is InChI=1S/C21H25ClN2O3.C12H16ClNO2.C7H8ClN.C6H12O3/c1-4-15-9-11-17(12-10-15)24-20(26)27-14-21(2,3)19(25)23-13-16-7-5-6-8-18(16)22;1-12(2,8-15)11(16)14-7-9-5-3-4-6-10(9)13;8-7-4-2-1-3-6(7)5-9;1-6(2,4-7)5(8)9-3/h5-12H,4,13-14H2,1-3H3,(H,23,25)(H,24,26);3-6,15H,7-8H2,1-2H3,(H,14,16);1-4H,5,9H2;7H,4H2,1-3H3. The molecule has 0 aliphatic rings. The molecule has 0 spiro atoms. The van der Waals surface area contributed by atoms with Crippen LogP contribution in [0.15, 0.2) is 97.1 Å². The SMILES string of the molecule is CC(C)(CO)C(=O)NCc1ccccc1Cl.CCc1ccc(NC(=O)OCC(C)(C)C(=O)NCc2ccccc2Cl)cc1.COC(=O)C(C)(C)CO.NCc1ccccc1Cl. The Labute approximate surface area is 375 Å². The van der Waals surface area contributed by atoms with Crippen LogP contribution in [0.25, 0.3) is 0 Å². The van der Waals surface area contributed by atoms with E-state index in [4.69, 9.17) is 55.5 Å². The van der Waals surface area contributed by atoms with E-state index in [0.717, 1.165) is 28.1 Å². The number of hydrogen-bond acceptors (Lipinski definition) is 9. The van der Waals surface area contributed by atoms with Gasteiger partial charge >= 0.3 is 12.1 Å². The van der Waals surface area contributed by atoms with E-state index < -0.39 is 22.3 Å². The van der Waals surface area contributed by atoms with Gasteiger partial charge in [0.25, 0.3) is 0 Å². The molecule has 15 heteroatoms. The van der Waals surface area contributed by atoms with Crippen LogP contribution in [0, 0.1) is 16.2 Å². The maximum absolute atomic E-state index is 12.4. The number of benzene rings is 4. The van der Waals surface area contributed by atoms with Gasteiger partial charge in [0.15, 0.2) is 0 Å². The van der Waals surface area contributed by atoms with E-state index in [1.807, 2.05) is 84.9 Å². The van der Waals surface area contributed by atoms with Gasteiger partial charge in [0, 0.05) is 40.4 Å². The number of carbonyl (C=O) groups excluding carboxylic acids is 4. The van der Waals surface area contributed by atoms with Gasteiger partial charge in [-0.05, 0) is 101 Å². The van der Waals surface area contributed by atoms with Crippen molar-refractivity contribution in [2.45, 2.75) is 74.5 Å². The molecule has 0 fully saturated rings. The summed E-state index contributed by atoms with van der Waals surface area (Å²) in [6.07, 6.45) is 0.341. The number of hydrogen-bond donors (Lipinski definition) is 6. The molecule has 0 atom stereocenters. The summed E-state index contributed by atoms with van der Waals surface area (Å²) in [5.74, 6) is -0.789. The quantitative estimate of drug-likeness (QED) is 0.0673. The molecule has 7 N–H and O–H groups in total. The summed E-state index contributed by atoms with van der Waals surface area (Å²) in [6, 6.07) is 29.8. The van der Waals surface area contributed by atoms with Crippen molar-refractivity contribution in [1.29, 1.82) is 0 Å². The lowest BCUT2D eigenvalue weighted by atomic mass is 9.93. The fourth-order valence-electron chi connectivity index (χ4n) is 4.48. The highest BCUT2D eigenvalue weighted by atomic mass is 35.5. The number of aliphatic hydroxyl groups is 2. The highest BCUT2D eigenvalue weighted by Crippen LogP contribution is 2.20. The Balaban J connectivity index is 0.000000459. The molecule has 0 aliphatic heterocycles. The maximum Gasteiger partial charge on any atom is 0.411 e. The fraction of sp³-hybridized carbons (Fsp3) is 0.391. The Morgan fingerprint density at radius 3 is 1.38 bits per heavy atom. The molecule has 61 heavy (non-hydrogen) atoms. The lowest BCUT2D eigenvalue weighted by Crippen LogP contribution is -2.40. The molecule has 0 heterocycles. The first-order valence-electron chi connectivity index (χ1n) is 19.5. The molecule has 0 radical (unpaired) electrons. The molecule has 12 nitrogen and oxygen atoms in total. The number of nitrogens with two attached hydrogens (primary N) is 1. The Bertz CT molecular complexity index is 1970. The van der Waals surface area contributed by atoms with Gasteiger partial charge in [-0.3, -0.25) is 19.7 Å². The van der Waals surface area contributed by atoms with Gasteiger partial charge in [-0.25, -0.2) is 4.79 Å².